The third-order valence-corrected chi connectivity index (χ3v) is 25.6. The molecule has 23 aromatic carbocycles. The van der Waals surface area contributed by atoms with Gasteiger partial charge in [-0.05, 0) is 297 Å². The molecule has 133 heavy (non-hydrogen) atoms. The van der Waals surface area contributed by atoms with Crippen LogP contribution in [-0.4, -0.2) is 21.1 Å². The molecule has 0 unspecified atom stereocenters. The average molecular weight is 1710 g/mol. The summed E-state index contributed by atoms with van der Waals surface area (Å²) in [6.45, 7) is 0. The van der Waals surface area contributed by atoms with Crippen LogP contribution in [0.4, 0.5) is 85.3 Å². The minimum absolute atomic E-state index is 1.11. The molecule has 0 heterocycles. The van der Waals surface area contributed by atoms with E-state index in [2.05, 4.69) is 578 Å². The third-order valence-electron chi connectivity index (χ3n) is 25.6. The molecule has 0 radical (unpaired) electrons. The van der Waals surface area contributed by atoms with Gasteiger partial charge in [0.05, 0.1) is 5.69 Å². The fourth-order valence-electron chi connectivity index (χ4n) is 18.6. The van der Waals surface area contributed by atoms with E-state index < -0.39 is 0 Å². The Labute approximate surface area is 778 Å². The van der Waals surface area contributed by atoms with E-state index in [0.29, 0.717) is 0 Å². The van der Waals surface area contributed by atoms with Crippen LogP contribution in [0.2, 0.25) is 0 Å². The van der Waals surface area contributed by atoms with Crippen LogP contribution < -0.4 is 29.4 Å². The molecular formula is C127H96N6. The van der Waals surface area contributed by atoms with Gasteiger partial charge in [0.2, 0.25) is 0 Å². The Hall–Kier alpha value is -17.3. The van der Waals surface area contributed by atoms with Gasteiger partial charge in [0, 0.05) is 112 Å². The molecule has 0 N–H and O–H groups in total. The highest BCUT2D eigenvalue weighted by Crippen LogP contribution is 2.46. The first-order chi connectivity index (χ1) is 65.6. The fourth-order valence-corrected chi connectivity index (χ4v) is 18.6. The number of hydrogen-bond donors (Lipinski definition) is 0. The van der Waals surface area contributed by atoms with Crippen molar-refractivity contribution in [3.05, 3.63) is 528 Å². The zero-order chi connectivity index (χ0) is 89.3. The van der Waals surface area contributed by atoms with Crippen LogP contribution in [0, 0.1) is 0 Å². The molecule has 0 spiro atoms. The lowest BCUT2D eigenvalue weighted by Crippen LogP contribution is -2.12. The number of benzene rings is 23. The van der Waals surface area contributed by atoms with E-state index in [1.54, 1.807) is 0 Å². The quantitative estimate of drug-likeness (QED) is 0.0746. The Bertz CT molecular complexity index is 8010. The summed E-state index contributed by atoms with van der Waals surface area (Å²) in [5.41, 5.74) is 26.6. The highest BCUT2D eigenvalue weighted by atomic mass is 15.2. The molecule has 6 nitrogen and oxygen atoms in total. The SMILES string of the molecule is CN(c1ccc(N(c2cccc(-c3ccccc3)c2)c2ccc3ccccc3c2)cc1)c1c2ccccc2cc2ccccc12.CN(c1ccc(N(c2cccc(-c3ccccc3)c2)c2ccc3ccccc3c2)cc1)c1ccc2cc3ccccc3cc2c1.CN(c1ccc(N(c2cccc(-c3ccccc3)c2)c2ccc3ccccc3c2)cc1)c1cccc(-c2ccccc2)c1. The second-order valence-electron chi connectivity index (χ2n) is 33.9. The standard InChI is InChI=1S/2C43H32N2.C41H32N2/c1-44(43-41-20-9-7-16-35(41)28-36-17-8-10-21-42(36)43)37-24-26-38(27-25-37)45(40-23-22-32-14-5-6-15-33(32)30-40)39-19-11-18-34(29-39)31-12-3-2-4-13-31;1-44(41-20-19-37-26-33-13-7-8-14-34(33)27-38(37)30-41)39-22-24-40(25-23-39)45(43-21-18-32-12-5-6-15-35(32)29-43)42-17-9-16-36(28-42)31-10-3-2-4-11-31;1-42(39-20-10-18-35(28-39)31-12-4-2-5-13-31)37-24-26-38(27-25-37)43(41-23-22-33-16-8-9-17-34(33)30-41)40-21-11-19-36(29-40)32-14-6-3-7-15-32/h2*2-30H,1H3;2-30H,1H3. The summed E-state index contributed by atoms with van der Waals surface area (Å²) in [6, 6.07) is 189. The number of anilines is 15. The number of hydrogen-bond acceptors (Lipinski definition) is 6. The zero-order valence-electron chi connectivity index (χ0n) is 74.4. The minimum atomic E-state index is 1.11. The van der Waals surface area contributed by atoms with Crippen molar-refractivity contribution in [2.45, 2.75) is 0 Å². The first-order valence-corrected chi connectivity index (χ1v) is 45.5. The van der Waals surface area contributed by atoms with Crippen molar-refractivity contribution in [2.75, 3.05) is 50.5 Å². The number of fused-ring (bicyclic) bond motifs is 7. The lowest BCUT2D eigenvalue weighted by atomic mass is 10.00. The molecule has 0 fully saturated rings. The van der Waals surface area contributed by atoms with Crippen molar-refractivity contribution in [2.24, 2.45) is 0 Å². The lowest BCUT2D eigenvalue weighted by molar-refractivity contribution is 1.20. The summed E-state index contributed by atoms with van der Waals surface area (Å²) in [6.07, 6.45) is 0. The molecule has 0 aromatic heterocycles. The highest BCUT2D eigenvalue weighted by Gasteiger charge is 2.22. The Morgan fingerprint density at radius 2 is 0.316 bits per heavy atom. The Morgan fingerprint density at radius 1 is 0.113 bits per heavy atom. The van der Waals surface area contributed by atoms with E-state index in [-0.39, 0.29) is 0 Å². The molecule has 0 atom stereocenters. The van der Waals surface area contributed by atoms with Crippen molar-refractivity contribution < 1.29 is 0 Å². The van der Waals surface area contributed by atoms with Gasteiger partial charge in [-0.3, -0.25) is 0 Å². The van der Waals surface area contributed by atoms with Crippen LogP contribution in [0.1, 0.15) is 0 Å². The highest BCUT2D eigenvalue weighted by molar-refractivity contribution is 6.13. The maximum absolute atomic E-state index is 2.36. The normalized spacial score (nSPS) is 11.1. The van der Waals surface area contributed by atoms with Crippen LogP contribution in [0.25, 0.3) is 120 Å². The summed E-state index contributed by atoms with van der Waals surface area (Å²) >= 11 is 0. The van der Waals surface area contributed by atoms with Gasteiger partial charge in [-0.2, -0.15) is 0 Å². The van der Waals surface area contributed by atoms with Crippen molar-refractivity contribution in [3.63, 3.8) is 0 Å². The number of rotatable bonds is 19. The van der Waals surface area contributed by atoms with Crippen molar-refractivity contribution in [3.8, 4) is 44.5 Å². The number of nitrogens with zero attached hydrogens (tertiary/aromatic N) is 6. The van der Waals surface area contributed by atoms with Gasteiger partial charge in [0.25, 0.3) is 0 Å². The first-order valence-electron chi connectivity index (χ1n) is 45.5. The summed E-state index contributed by atoms with van der Waals surface area (Å²) < 4.78 is 0. The molecule has 0 saturated carbocycles. The molecular weight excluding hydrogens is 1610 g/mol. The van der Waals surface area contributed by atoms with E-state index in [1.807, 2.05) is 0 Å². The molecule has 0 aliphatic carbocycles. The van der Waals surface area contributed by atoms with Crippen molar-refractivity contribution in [1.29, 1.82) is 0 Å². The zero-order valence-corrected chi connectivity index (χ0v) is 74.4. The summed E-state index contributed by atoms with van der Waals surface area (Å²) in [7, 11) is 6.44. The van der Waals surface area contributed by atoms with Crippen molar-refractivity contribution in [1.82, 2.24) is 0 Å². The predicted molar refractivity (Wildman–Crippen MR) is 571 cm³/mol. The van der Waals surface area contributed by atoms with Gasteiger partial charge in [-0.1, -0.05) is 340 Å². The largest absolute Gasteiger partial charge is 0.345 e. The fraction of sp³-hybridized carbons (Fsp3) is 0.0236. The van der Waals surface area contributed by atoms with Gasteiger partial charge in [0.15, 0.2) is 0 Å². The van der Waals surface area contributed by atoms with Crippen LogP contribution >= 0.6 is 0 Å². The summed E-state index contributed by atoms with van der Waals surface area (Å²) in [4.78, 5) is 13.9. The lowest BCUT2D eigenvalue weighted by Gasteiger charge is -2.28. The topological polar surface area (TPSA) is 19.4 Å². The maximum atomic E-state index is 2.36. The predicted octanol–water partition coefficient (Wildman–Crippen LogP) is 35.5. The molecule has 6 heteroatoms. The third kappa shape index (κ3) is 17.7. The van der Waals surface area contributed by atoms with E-state index in [0.717, 1.165) is 79.6 Å². The molecule has 0 saturated heterocycles. The van der Waals surface area contributed by atoms with Crippen LogP contribution in [0.5, 0.6) is 0 Å². The minimum Gasteiger partial charge on any atom is -0.345 e. The molecule has 0 bridgehead atoms. The van der Waals surface area contributed by atoms with Gasteiger partial charge in [-0.15, -0.1) is 0 Å². The summed E-state index contributed by atoms with van der Waals surface area (Å²) in [5, 5.41) is 17.4. The van der Waals surface area contributed by atoms with Crippen LogP contribution in [-0.2, 0) is 0 Å². The first kappa shape index (κ1) is 82.6. The Balaban J connectivity index is 0.000000120. The molecule has 23 aromatic rings. The molecule has 23 rings (SSSR count). The molecule has 0 amide bonds. The molecule has 0 aliphatic rings. The van der Waals surface area contributed by atoms with Gasteiger partial charge >= 0.3 is 0 Å². The molecule has 634 valence electrons. The Morgan fingerprint density at radius 3 is 0.662 bits per heavy atom. The van der Waals surface area contributed by atoms with Gasteiger partial charge in [0.1, 0.15) is 0 Å². The summed E-state index contributed by atoms with van der Waals surface area (Å²) in [5.74, 6) is 0. The smallest absolute Gasteiger partial charge is 0.0567 e. The monoisotopic (exact) mass is 1700 g/mol. The van der Waals surface area contributed by atoms with E-state index in [4.69, 9.17) is 0 Å². The Kier molecular flexibility index (Phi) is 23.3. The second-order valence-corrected chi connectivity index (χ2v) is 33.9. The van der Waals surface area contributed by atoms with E-state index >= 15 is 0 Å². The van der Waals surface area contributed by atoms with Crippen LogP contribution in [0.3, 0.4) is 0 Å². The van der Waals surface area contributed by atoms with Gasteiger partial charge in [-0.25, -0.2) is 0 Å². The van der Waals surface area contributed by atoms with E-state index in [1.165, 1.54) is 126 Å². The maximum Gasteiger partial charge on any atom is 0.0567 e. The van der Waals surface area contributed by atoms with Crippen molar-refractivity contribution >= 4 is 161 Å². The molecule has 0 aliphatic heterocycles. The second kappa shape index (κ2) is 37.5. The van der Waals surface area contributed by atoms with Gasteiger partial charge < -0.3 is 29.4 Å². The van der Waals surface area contributed by atoms with E-state index in [9.17, 15) is 0 Å². The average Bonchev–Trinajstić information content (AvgIpc) is 0.766. The van der Waals surface area contributed by atoms with Crippen LogP contribution in [0.15, 0.2) is 528 Å².